The fraction of sp³-hybridized carbons (Fsp3) is 0.562. The number of anilines is 2. The molecule has 0 aromatic heterocycles. The van der Waals surface area contributed by atoms with Crippen LogP contribution in [0.1, 0.15) is 18.9 Å². The van der Waals surface area contributed by atoms with Crippen LogP contribution in [0, 0.1) is 12.8 Å². The van der Waals surface area contributed by atoms with Crippen molar-refractivity contribution in [2.45, 2.75) is 26.4 Å². The molecule has 2 atom stereocenters. The first-order chi connectivity index (χ1) is 9.99. The molecule has 1 aromatic rings. The van der Waals surface area contributed by atoms with Gasteiger partial charge in [0.25, 0.3) is 0 Å². The smallest absolute Gasteiger partial charge is 0.238 e. The van der Waals surface area contributed by atoms with E-state index in [1.807, 2.05) is 19.1 Å². The number of likely N-dealkylation sites (tertiary alicyclic amines) is 1. The molecule has 116 valence electrons. The van der Waals surface area contributed by atoms with Crippen LogP contribution in [0.25, 0.3) is 0 Å². The van der Waals surface area contributed by atoms with Crippen molar-refractivity contribution >= 4 is 17.3 Å². The van der Waals surface area contributed by atoms with Crippen molar-refractivity contribution in [2.75, 3.05) is 37.8 Å². The van der Waals surface area contributed by atoms with Gasteiger partial charge in [0.2, 0.25) is 5.91 Å². The van der Waals surface area contributed by atoms with Gasteiger partial charge in [-0.1, -0.05) is 6.92 Å². The minimum atomic E-state index is 0.00674. The summed E-state index contributed by atoms with van der Waals surface area (Å²) in [6, 6.07) is 5.50. The number of hydrogen-bond acceptors (Lipinski definition) is 4. The van der Waals surface area contributed by atoms with Crippen LogP contribution in [0.3, 0.4) is 0 Å². The first-order valence-corrected chi connectivity index (χ1v) is 7.40. The first-order valence-electron chi connectivity index (χ1n) is 7.40. The van der Waals surface area contributed by atoms with Gasteiger partial charge >= 0.3 is 0 Å². The second kappa shape index (κ2) is 6.91. The van der Waals surface area contributed by atoms with Crippen molar-refractivity contribution < 1.29 is 9.53 Å². The molecule has 1 heterocycles. The minimum absolute atomic E-state index is 0.00674. The molecule has 0 aliphatic carbocycles. The van der Waals surface area contributed by atoms with E-state index in [0.29, 0.717) is 18.2 Å². The summed E-state index contributed by atoms with van der Waals surface area (Å²) < 4.78 is 5.48. The molecule has 2 rings (SSSR count). The molecule has 0 saturated carbocycles. The number of nitrogens with zero attached hydrogens (tertiary/aromatic N) is 1. The van der Waals surface area contributed by atoms with Crippen molar-refractivity contribution in [3.8, 4) is 0 Å². The molecule has 1 aliphatic rings. The number of hydrogen-bond donors (Lipinski definition) is 2. The Labute approximate surface area is 126 Å². The number of carbonyl (C=O) groups is 1. The number of amides is 1. The zero-order valence-electron chi connectivity index (χ0n) is 13.1. The van der Waals surface area contributed by atoms with E-state index in [1.165, 1.54) is 0 Å². The molecule has 2 unspecified atom stereocenters. The normalized spacial score (nSPS) is 23.0. The highest BCUT2D eigenvalue weighted by Gasteiger charge is 2.26. The van der Waals surface area contributed by atoms with E-state index in [9.17, 15) is 4.79 Å². The predicted octanol–water partition coefficient (Wildman–Crippen LogP) is 1.87. The van der Waals surface area contributed by atoms with Crippen LogP contribution in [-0.4, -0.2) is 43.7 Å². The molecule has 21 heavy (non-hydrogen) atoms. The molecule has 5 heteroatoms. The maximum Gasteiger partial charge on any atom is 0.238 e. The summed E-state index contributed by atoms with van der Waals surface area (Å²) in [5.41, 5.74) is 8.22. The van der Waals surface area contributed by atoms with E-state index in [0.717, 1.165) is 30.8 Å². The van der Waals surface area contributed by atoms with Gasteiger partial charge in [0, 0.05) is 25.0 Å². The Hall–Kier alpha value is -1.59. The number of piperidine rings is 1. The molecular formula is C16H25N3O2. The summed E-state index contributed by atoms with van der Waals surface area (Å²) in [7, 11) is 1.74. The van der Waals surface area contributed by atoms with E-state index in [-0.39, 0.29) is 12.0 Å². The minimum Gasteiger partial charge on any atom is -0.399 e. The fourth-order valence-corrected chi connectivity index (χ4v) is 2.77. The summed E-state index contributed by atoms with van der Waals surface area (Å²) in [5, 5.41) is 2.95. The molecule has 1 aliphatic heterocycles. The molecule has 1 fully saturated rings. The Morgan fingerprint density at radius 2 is 2.29 bits per heavy atom. The van der Waals surface area contributed by atoms with Crippen molar-refractivity contribution in [1.82, 2.24) is 4.90 Å². The van der Waals surface area contributed by atoms with Gasteiger partial charge in [-0.15, -0.1) is 0 Å². The Balaban J connectivity index is 1.90. The number of nitrogens with one attached hydrogen (secondary N) is 1. The maximum atomic E-state index is 12.2. The second-order valence-electron chi connectivity index (χ2n) is 5.90. The van der Waals surface area contributed by atoms with Crippen LogP contribution in [0.4, 0.5) is 11.4 Å². The van der Waals surface area contributed by atoms with Crippen LogP contribution >= 0.6 is 0 Å². The van der Waals surface area contributed by atoms with Crippen LogP contribution in [0.2, 0.25) is 0 Å². The number of rotatable bonds is 4. The topological polar surface area (TPSA) is 67.6 Å². The van der Waals surface area contributed by atoms with Gasteiger partial charge in [0.15, 0.2) is 0 Å². The van der Waals surface area contributed by atoms with Gasteiger partial charge in [0.1, 0.15) is 0 Å². The summed E-state index contributed by atoms with van der Waals surface area (Å²) in [5.74, 6) is 0.556. The molecule has 5 nitrogen and oxygen atoms in total. The molecule has 0 bridgehead atoms. The van der Waals surface area contributed by atoms with E-state index in [2.05, 4.69) is 17.1 Å². The third-order valence-electron chi connectivity index (χ3n) is 4.17. The molecule has 0 spiro atoms. The zero-order valence-corrected chi connectivity index (χ0v) is 13.1. The lowest BCUT2D eigenvalue weighted by molar-refractivity contribution is -0.118. The SMILES string of the molecule is COC1CN(CC(=O)Nc2ccc(N)cc2C)CCC1C. The van der Waals surface area contributed by atoms with Gasteiger partial charge in [-0.05, 0) is 49.6 Å². The van der Waals surface area contributed by atoms with Crippen LogP contribution in [0.15, 0.2) is 18.2 Å². The predicted molar refractivity (Wildman–Crippen MR) is 85.2 cm³/mol. The average Bonchev–Trinajstić information content (AvgIpc) is 2.44. The highest BCUT2D eigenvalue weighted by molar-refractivity contribution is 5.93. The summed E-state index contributed by atoms with van der Waals surface area (Å²) in [4.78, 5) is 14.3. The Kier molecular flexibility index (Phi) is 5.20. The van der Waals surface area contributed by atoms with E-state index in [4.69, 9.17) is 10.5 Å². The summed E-state index contributed by atoms with van der Waals surface area (Å²) >= 11 is 0. The highest BCUT2D eigenvalue weighted by Crippen LogP contribution is 2.20. The number of nitrogen functional groups attached to an aromatic ring is 1. The Morgan fingerprint density at radius 3 is 2.95 bits per heavy atom. The summed E-state index contributed by atoms with van der Waals surface area (Å²) in [6.45, 7) is 6.29. The van der Waals surface area contributed by atoms with Gasteiger partial charge in [0.05, 0.1) is 12.6 Å². The second-order valence-corrected chi connectivity index (χ2v) is 5.90. The number of benzene rings is 1. The van der Waals surface area contributed by atoms with Crippen molar-refractivity contribution in [3.05, 3.63) is 23.8 Å². The Bertz CT molecular complexity index is 504. The largest absolute Gasteiger partial charge is 0.399 e. The van der Waals surface area contributed by atoms with Gasteiger partial charge in [-0.3, -0.25) is 9.69 Å². The number of ether oxygens (including phenoxy) is 1. The van der Waals surface area contributed by atoms with Crippen LogP contribution < -0.4 is 11.1 Å². The lowest BCUT2D eigenvalue weighted by Gasteiger charge is -2.35. The van der Waals surface area contributed by atoms with Crippen molar-refractivity contribution in [1.29, 1.82) is 0 Å². The van der Waals surface area contributed by atoms with Crippen molar-refractivity contribution in [3.63, 3.8) is 0 Å². The first kappa shape index (κ1) is 15.8. The lowest BCUT2D eigenvalue weighted by atomic mass is 9.96. The number of aryl methyl sites for hydroxylation is 1. The van der Waals surface area contributed by atoms with E-state index in [1.54, 1.807) is 13.2 Å². The lowest BCUT2D eigenvalue weighted by Crippen LogP contribution is -2.46. The van der Waals surface area contributed by atoms with Crippen LogP contribution in [-0.2, 0) is 9.53 Å². The molecule has 0 radical (unpaired) electrons. The van der Waals surface area contributed by atoms with Crippen LogP contribution in [0.5, 0.6) is 0 Å². The number of carbonyl (C=O) groups excluding carboxylic acids is 1. The van der Waals surface area contributed by atoms with E-state index >= 15 is 0 Å². The van der Waals surface area contributed by atoms with Gasteiger partial charge in [-0.25, -0.2) is 0 Å². The molecular weight excluding hydrogens is 266 g/mol. The zero-order chi connectivity index (χ0) is 15.4. The average molecular weight is 291 g/mol. The van der Waals surface area contributed by atoms with Gasteiger partial charge in [-0.2, -0.15) is 0 Å². The van der Waals surface area contributed by atoms with E-state index < -0.39 is 0 Å². The molecule has 1 aromatic carbocycles. The fourth-order valence-electron chi connectivity index (χ4n) is 2.77. The third kappa shape index (κ3) is 4.19. The number of nitrogens with two attached hydrogens (primary N) is 1. The molecule has 1 amide bonds. The third-order valence-corrected chi connectivity index (χ3v) is 4.17. The standard InChI is InChI=1S/C16H25N3O2/c1-11-6-7-19(9-15(11)21-3)10-16(20)18-14-5-4-13(17)8-12(14)2/h4-5,8,11,15H,6-7,9-10,17H2,1-3H3,(H,18,20). The molecule has 1 saturated heterocycles. The summed E-state index contributed by atoms with van der Waals surface area (Å²) in [6.07, 6.45) is 1.27. The van der Waals surface area contributed by atoms with Gasteiger partial charge < -0.3 is 15.8 Å². The maximum absolute atomic E-state index is 12.2. The quantitative estimate of drug-likeness (QED) is 0.831. The van der Waals surface area contributed by atoms with Crippen molar-refractivity contribution in [2.24, 2.45) is 5.92 Å². The monoisotopic (exact) mass is 291 g/mol. The number of methoxy groups -OCH3 is 1. The molecule has 3 N–H and O–H groups in total. The Morgan fingerprint density at radius 1 is 1.52 bits per heavy atom. The highest BCUT2D eigenvalue weighted by atomic mass is 16.5.